The average Bonchev–Trinajstić information content (AvgIpc) is 2.66. The van der Waals surface area contributed by atoms with Gasteiger partial charge in [-0.15, -0.1) is 0 Å². The van der Waals surface area contributed by atoms with Gasteiger partial charge in [0.05, 0.1) is 11.2 Å². The second kappa shape index (κ2) is 5.08. The van der Waals surface area contributed by atoms with Gasteiger partial charge in [0, 0.05) is 18.9 Å². The Labute approximate surface area is 130 Å². The van der Waals surface area contributed by atoms with E-state index < -0.39 is 24.5 Å². The zero-order valence-corrected chi connectivity index (χ0v) is 13.6. The summed E-state index contributed by atoms with van der Waals surface area (Å²) in [5.74, 6) is 0. The first-order valence-corrected chi connectivity index (χ1v) is 7.40. The maximum atomic E-state index is 14.0. The van der Waals surface area contributed by atoms with Crippen LogP contribution in [-0.4, -0.2) is 30.6 Å². The molecule has 1 aromatic carbocycles. The van der Waals surface area contributed by atoms with Crippen molar-refractivity contribution >= 4 is 18.7 Å². The number of rotatable bonds is 2. The molecule has 6 heteroatoms. The number of hydrogen-bond acceptors (Lipinski definition) is 4. The Kier molecular flexibility index (Phi) is 3.59. The lowest BCUT2D eigenvalue weighted by atomic mass is 9.73. The number of halogens is 1. The van der Waals surface area contributed by atoms with Crippen molar-refractivity contribution in [3.63, 3.8) is 0 Å². The Balaban J connectivity index is 2.06. The van der Waals surface area contributed by atoms with E-state index in [1.54, 1.807) is 6.08 Å². The summed E-state index contributed by atoms with van der Waals surface area (Å²) in [7, 11) is 0.943. The number of methoxy groups -OCH3 is 1. The van der Waals surface area contributed by atoms with Crippen molar-refractivity contribution in [1.82, 2.24) is 5.12 Å². The molecule has 1 unspecified atom stereocenters. The van der Waals surface area contributed by atoms with Crippen molar-refractivity contribution in [3.8, 4) is 0 Å². The standard InChI is InChI=1S/C16H21BFNO3/c1-15(2)16(3,4)22-17(21-15)12-8-6-7-11-9-10-19(18)14(20-5)13(11)12/h6-10,14H,1-5H3. The van der Waals surface area contributed by atoms with Crippen LogP contribution in [0.4, 0.5) is 4.48 Å². The molecule has 22 heavy (non-hydrogen) atoms. The van der Waals surface area contributed by atoms with E-state index in [0.29, 0.717) is 5.12 Å². The molecular weight excluding hydrogens is 284 g/mol. The van der Waals surface area contributed by atoms with E-state index in [-0.39, 0.29) is 0 Å². The smallest absolute Gasteiger partial charge is 0.399 e. The van der Waals surface area contributed by atoms with Gasteiger partial charge in [-0.25, -0.2) is 0 Å². The predicted molar refractivity (Wildman–Crippen MR) is 83.9 cm³/mol. The molecule has 118 valence electrons. The SMILES string of the molecule is COC1c2c(cccc2B2OC(C)(C)C(C)(C)O2)C=CN1F. The summed E-state index contributed by atoms with van der Waals surface area (Å²) in [5.41, 5.74) is 1.57. The third-order valence-corrected chi connectivity index (χ3v) is 4.77. The van der Waals surface area contributed by atoms with Crippen LogP contribution in [0.2, 0.25) is 0 Å². The van der Waals surface area contributed by atoms with E-state index in [4.69, 9.17) is 14.0 Å². The largest absolute Gasteiger partial charge is 0.495 e. The number of benzene rings is 1. The maximum absolute atomic E-state index is 14.0. The molecule has 0 bridgehead atoms. The fraction of sp³-hybridized carbons (Fsp3) is 0.500. The summed E-state index contributed by atoms with van der Waals surface area (Å²) in [6.07, 6.45) is 2.29. The second-order valence-electron chi connectivity index (χ2n) is 6.69. The van der Waals surface area contributed by atoms with Crippen molar-refractivity contribution in [1.29, 1.82) is 0 Å². The number of ether oxygens (including phenoxy) is 1. The molecule has 4 nitrogen and oxygen atoms in total. The average molecular weight is 305 g/mol. The van der Waals surface area contributed by atoms with Crippen LogP contribution in [0.1, 0.15) is 45.0 Å². The highest BCUT2D eigenvalue weighted by molar-refractivity contribution is 6.62. The first-order chi connectivity index (χ1) is 10.3. The van der Waals surface area contributed by atoms with Crippen molar-refractivity contribution in [2.24, 2.45) is 0 Å². The number of nitrogens with zero attached hydrogens (tertiary/aromatic N) is 1. The highest BCUT2D eigenvalue weighted by Crippen LogP contribution is 2.38. The van der Waals surface area contributed by atoms with Crippen LogP contribution in [0, 0.1) is 0 Å². The zero-order chi connectivity index (χ0) is 16.1. The molecule has 1 saturated heterocycles. The van der Waals surface area contributed by atoms with E-state index in [9.17, 15) is 4.48 Å². The summed E-state index contributed by atoms with van der Waals surface area (Å²) in [4.78, 5) is 0. The van der Waals surface area contributed by atoms with E-state index in [2.05, 4.69) is 0 Å². The molecule has 0 radical (unpaired) electrons. The molecule has 1 atom stereocenters. The molecule has 0 spiro atoms. The molecule has 2 aliphatic rings. The lowest BCUT2D eigenvalue weighted by molar-refractivity contribution is -0.108. The normalized spacial score (nSPS) is 25.5. The predicted octanol–water partition coefficient (Wildman–Crippen LogP) is 2.80. The van der Waals surface area contributed by atoms with Crippen LogP contribution in [0.3, 0.4) is 0 Å². The van der Waals surface area contributed by atoms with Crippen LogP contribution in [0.15, 0.2) is 24.4 Å². The third kappa shape index (κ3) is 2.26. The van der Waals surface area contributed by atoms with Crippen LogP contribution < -0.4 is 5.46 Å². The Morgan fingerprint density at radius 2 is 1.82 bits per heavy atom. The summed E-state index contributed by atoms with van der Waals surface area (Å²) in [5, 5.41) is 0.553. The van der Waals surface area contributed by atoms with Crippen LogP contribution in [-0.2, 0) is 14.0 Å². The molecule has 2 aliphatic heterocycles. The van der Waals surface area contributed by atoms with Gasteiger partial charge in [-0.05, 0) is 44.8 Å². The topological polar surface area (TPSA) is 30.9 Å². The van der Waals surface area contributed by atoms with Crippen molar-refractivity contribution in [2.45, 2.75) is 45.1 Å². The Bertz CT molecular complexity index is 601. The first-order valence-electron chi connectivity index (χ1n) is 7.40. The fourth-order valence-corrected chi connectivity index (χ4v) is 2.78. The van der Waals surface area contributed by atoms with Crippen LogP contribution in [0.25, 0.3) is 6.08 Å². The summed E-state index contributed by atoms with van der Waals surface area (Å²) in [6, 6.07) is 5.75. The summed E-state index contributed by atoms with van der Waals surface area (Å²) >= 11 is 0. The van der Waals surface area contributed by atoms with Crippen molar-refractivity contribution < 1.29 is 18.5 Å². The monoisotopic (exact) mass is 305 g/mol. The molecule has 0 N–H and O–H groups in total. The molecule has 2 heterocycles. The zero-order valence-electron chi connectivity index (χ0n) is 13.6. The number of hydrogen-bond donors (Lipinski definition) is 0. The molecule has 1 fully saturated rings. The lowest BCUT2D eigenvalue weighted by Gasteiger charge is -2.32. The fourth-order valence-electron chi connectivity index (χ4n) is 2.78. The van der Waals surface area contributed by atoms with Crippen molar-refractivity contribution in [3.05, 3.63) is 35.5 Å². The molecule has 0 aliphatic carbocycles. The van der Waals surface area contributed by atoms with Gasteiger partial charge in [0.2, 0.25) is 0 Å². The van der Waals surface area contributed by atoms with Gasteiger partial charge in [-0.1, -0.05) is 22.7 Å². The third-order valence-electron chi connectivity index (χ3n) is 4.77. The molecule has 1 aromatic rings. The van der Waals surface area contributed by atoms with Gasteiger partial charge >= 0.3 is 7.12 Å². The van der Waals surface area contributed by atoms with Crippen LogP contribution in [0.5, 0.6) is 0 Å². The van der Waals surface area contributed by atoms with Crippen LogP contribution >= 0.6 is 0 Å². The molecule has 3 rings (SSSR count). The van der Waals surface area contributed by atoms with E-state index in [0.717, 1.165) is 16.6 Å². The number of fused-ring (bicyclic) bond motifs is 1. The van der Waals surface area contributed by atoms with Crippen molar-refractivity contribution in [2.75, 3.05) is 7.11 Å². The van der Waals surface area contributed by atoms with Gasteiger partial charge in [0.15, 0.2) is 6.23 Å². The molecular formula is C16H21BFNO3. The molecule has 0 aromatic heterocycles. The Morgan fingerprint density at radius 3 is 2.41 bits per heavy atom. The Hall–Kier alpha value is -1.37. The first kappa shape index (κ1) is 15.5. The highest BCUT2D eigenvalue weighted by atomic mass is 19.2. The van der Waals surface area contributed by atoms with Gasteiger partial charge in [0.1, 0.15) is 0 Å². The molecule has 0 amide bonds. The minimum Gasteiger partial charge on any atom is -0.399 e. The van der Waals surface area contributed by atoms with E-state index in [1.165, 1.54) is 13.3 Å². The lowest BCUT2D eigenvalue weighted by Crippen LogP contribution is -2.41. The quantitative estimate of drug-likeness (QED) is 0.621. The summed E-state index contributed by atoms with van der Waals surface area (Å²) < 4.78 is 31.6. The summed E-state index contributed by atoms with van der Waals surface area (Å²) in [6.45, 7) is 7.99. The van der Waals surface area contributed by atoms with Gasteiger partial charge < -0.3 is 14.0 Å². The highest BCUT2D eigenvalue weighted by Gasteiger charge is 2.52. The minimum atomic E-state index is -0.796. The van der Waals surface area contributed by atoms with E-state index >= 15 is 0 Å². The van der Waals surface area contributed by atoms with Gasteiger partial charge in [0.25, 0.3) is 0 Å². The van der Waals surface area contributed by atoms with Gasteiger partial charge in [-0.3, -0.25) is 0 Å². The van der Waals surface area contributed by atoms with E-state index in [1.807, 2.05) is 45.9 Å². The maximum Gasteiger partial charge on any atom is 0.495 e. The minimum absolute atomic E-state index is 0.442. The van der Waals surface area contributed by atoms with Gasteiger partial charge in [-0.2, -0.15) is 5.12 Å². The Morgan fingerprint density at radius 1 is 1.18 bits per heavy atom. The molecule has 0 saturated carbocycles. The second-order valence-corrected chi connectivity index (χ2v) is 6.69.